The van der Waals surface area contributed by atoms with Crippen molar-refractivity contribution >= 4 is 18.0 Å². The number of aromatic amines is 1. The first-order chi connectivity index (χ1) is 8.74. The van der Waals surface area contributed by atoms with Crippen molar-refractivity contribution in [1.29, 1.82) is 0 Å². The molecule has 0 saturated heterocycles. The molecule has 8 nitrogen and oxygen atoms in total. The first-order valence-corrected chi connectivity index (χ1v) is 5.41. The van der Waals surface area contributed by atoms with Crippen LogP contribution in [0, 0.1) is 0 Å². The molecule has 1 aromatic heterocycles. The van der Waals surface area contributed by atoms with Gasteiger partial charge in [0.1, 0.15) is 5.60 Å². The molecule has 1 heterocycles. The number of aromatic nitrogens is 2. The fourth-order valence-corrected chi connectivity index (χ4v) is 1.15. The lowest BCUT2D eigenvalue weighted by Gasteiger charge is -2.24. The number of carbonyl (C=O) groups excluding carboxylic acids is 2. The van der Waals surface area contributed by atoms with Gasteiger partial charge in [-0.2, -0.15) is 9.88 Å². The molecule has 8 heteroatoms. The molecule has 0 radical (unpaired) electrons. The zero-order valence-corrected chi connectivity index (χ0v) is 11.1. The number of amides is 2. The van der Waals surface area contributed by atoms with Crippen LogP contribution in [0.2, 0.25) is 0 Å². The molecule has 1 aromatic rings. The molecule has 0 aliphatic carbocycles. The smallest absolute Gasteiger partial charge is 0.425 e. The molecule has 0 aromatic carbocycles. The van der Waals surface area contributed by atoms with Crippen LogP contribution in [-0.4, -0.2) is 34.9 Å². The Morgan fingerprint density at radius 2 is 1.95 bits per heavy atom. The van der Waals surface area contributed by atoms with Crippen LogP contribution in [0.1, 0.15) is 20.8 Å². The minimum absolute atomic E-state index is 0.176. The molecule has 0 atom stereocenters. The van der Waals surface area contributed by atoms with Crippen LogP contribution in [0.3, 0.4) is 0 Å². The average molecular weight is 269 g/mol. The van der Waals surface area contributed by atoms with E-state index in [9.17, 15) is 14.4 Å². The second-order valence-corrected chi connectivity index (χ2v) is 4.54. The van der Waals surface area contributed by atoms with Crippen molar-refractivity contribution in [3.63, 3.8) is 0 Å². The van der Waals surface area contributed by atoms with Gasteiger partial charge in [0.2, 0.25) is 0 Å². The van der Waals surface area contributed by atoms with Crippen molar-refractivity contribution < 1.29 is 19.1 Å². The first kappa shape index (κ1) is 14.7. The number of hydrogen-bond acceptors (Lipinski definition) is 6. The van der Waals surface area contributed by atoms with Gasteiger partial charge >= 0.3 is 17.9 Å². The summed E-state index contributed by atoms with van der Waals surface area (Å²) in [7, 11) is 1.10. The van der Waals surface area contributed by atoms with Gasteiger partial charge < -0.3 is 14.5 Å². The number of carbonyl (C=O) groups is 2. The largest absolute Gasteiger partial charge is 0.452 e. The Morgan fingerprint density at radius 1 is 1.32 bits per heavy atom. The van der Waals surface area contributed by atoms with E-state index < -0.39 is 23.5 Å². The highest BCUT2D eigenvalue weighted by atomic mass is 16.6. The lowest BCUT2D eigenvalue weighted by atomic mass is 10.2. The molecule has 0 bridgehead atoms. The van der Waals surface area contributed by atoms with E-state index in [1.807, 2.05) is 0 Å². The van der Waals surface area contributed by atoms with Gasteiger partial charge in [0.15, 0.2) is 5.82 Å². The number of anilines is 1. The van der Waals surface area contributed by atoms with Crippen LogP contribution in [0.5, 0.6) is 0 Å². The monoisotopic (exact) mass is 269 g/mol. The molecule has 0 spiro atoms. The summed E-state index contributed by atoms with van der Waals surface area (Å²) >= 11 is 0. The second-order valence-electron chi connectivity index (χ2n) is 4.54. The third-order valence-corrected chi connectivity index (χ3v) is 1.82. The summed E-state index contributed by atoms with van der Waals surface area (Å²) in [4.78, 5) is 41.0. The molecule has 0 aliphatic heterocycles. The number of ether oxygens (including phenoxy) is 2. The predicted octanol–water partition coefficient (Wildman–Crippen LogP) is 1.28. The summed E-state index contributed by atoms with van der Waals surface area (Å²) in [5, 5.41) is 0. The van der Waals surface area contributed by atoms with E-state index >= 15 is 0 Å². The lowest BCUT2D eigenvalue weighted by molar-refractivity contribution is 0.0574. The molecular formula is C11H15N3O5. The van der Waals surface area contributed by atoms with E-state index in [1.165, 1.54) is 12.3 Å². The minimum atomic E-state index is -0.993. The van der Waals surface area contributed by atoms with Gasteiger partial charge in [-0.15, -0.1) is 0 Å². The summed E-state index contributed by atoms with van der Waals surface area (Å²) in [5.74, 6) is -0.176. The number of nitrogens with zero attached hydrogens (tertiary/aromatic N) is 2. The van der Waals surface area contributed by atoms with Crippen LogP contribution in [-0.2, 0) is 9.47 Å². The molecule has 104 valence electrons. The fourth-order valence-electron chi connectivity index (χ4n) is 1.15. The van der Waals surface area contributed by atoms with E-state index in [0.29, 0.717) is 4.90 Å². The van der Waals surface area contributed by atoms with E-state index in [-0.39, 0.29) is 5.82 Å². The Hall–Kier alpha value is -2.38. The van der Waals surface area contributed by atoms with Gasteiger partial charge in [0.25, 0.3) is 0 Å². The highest BCUT2D eigenvalue weighted by Gasteiger charge is 2.30. The normalized spacial score (nSPS) is 10.7. The van der Waals surface area contributed by atoms with Crippen molar-refractivity contribution in [1.82, 2.24) is 9.97 Å². The summed E-state index contributed by atoms with van der Waals surface area (Å²) in [6.07, 6.45) is -0.713. The van der Waals surface area contributed by atoms with Gasteiger partial charge in [-0.05, 0) is 26.8 Å². The van der Waals surface area contributed by atoms with Crippen molar-refractivity contribution in [2.24, 2.45) is 0 Å². The Morgan fingerprint density at radius 3 is 2.42 bits per heavy atom. The maximum Gasteiger partial charge on any atom is 0.425 e. The minimum Gasteiger partial charge on any atom is -0.452 e. The average Bonchev–Trinajstić information content (AvgIpc) is 2.26. The molecule has 0 unspecified atom stereocenters. The summed E-state index contributed by atoms with van der Waals surface area (Å²) in [5.41, 5.74) is -1.50. The summed E-state index contributed by atoms with van der Waals surface area (Å²) < 4.78 is 9.53. The van der Waals surface area contributed by atoms with Crippen molar-refractivity contribution in [2.45, 2.75) is 26.4 Å². The van der Waals surface area contributed by atoms with Crippen LogP contribution in [0.25, 0.3) is 0 Å². The van der Waals surface area contributed by atoms with E-state index in [0.717, 1.165) is 7.11 Å². The molecule has 0 fully saturated rings. The zero-order valence-electron chi connectivity index (χ0n) is 11.1. The maximum absolute atomic E-state index is 11.9. The number of nitrogens with one attached hydrogen (secondary N) is 1. The number of methoxy groups -OCH3 is 1. The predicted molar refractivity (Wildman–Crippen MR) is 66.0 cm³/mol. The van der Waals surface area contributed by atoms with E-state index in [2.05, 4.69) is 14.7 Å². The van der Waals surface area contributed by atoms with E-state index in [1.54, 1.807) is 20.8 Å². The quantitative estimate of drug-likeness (QED) is 0.823. The fraction of sp³-hybridized carbons (Fsp3) is 0.455. The first-order valence-electron chi connectivity index (χ1n) is 5.41. The van der Waals surface area contributed by atoms with Crippen LogP contribution in [0.4, 0.5) is 15.4 Å². The van der Waals surface area contributed by atoms with Crippen LogP contribution >= 0.6 is 0 Å². The maximum atomic E-state index is 11.9. The molecule has 1 rings (SSSR count). The number of rotatable bonds is 1. The van der Waals surface area contributed by atoms with Crippen molar-refractivity contribution in [3.8, 4) is 0 Å². The van der Waals surface area contributed by atoms with Gasteiger partial charge in [0.05, 0.1) is 7.11 Å². The Labute approximate surface area is 109 Å². The number of imide groups is 1. The molecule has 2 amide bonds. The topological polar surface area (TPSA) is 102 Å². The highest BCUT2D eigenvalue weighted by Crippen LogP contribution is 2.15. The number of H-pyrrole nitrogens is 1. The van der Waals surface area contributed by atoms with E-state index in [4.69, 9.17) is 4.74 Å². The third kappa shape index (κ3) is 4.09. The van der Waals surface area contributed by atoms with Crippen LogP contribution in [0.15, 0.2) is 17.1 Å². The standard InChI is InChI=1S/C11H15N3O5/c1-11(2,3)19-10(17)14(9(16)18-4)7-5-6-12-8(15)13-7/h5-6H,1-4H3,(H,12,13,15). The second kappa shape index (κ2) is 5.51. The third-order valence-electron chi connectivity index (χ3n) is 1.82. The van der Waals surface area contributed by atoms with Crippen molar-refractivity contribution in [2.75, 3.05) is 12.0 Å². The van der Waals surface area contributed by atoms with Crippen LogP contribution < -0.4 is 10.6 Å². The number of hydrogen-bond donors (Lipinski definition) is 1. The SMILES string of the molecule is COC(=O)N(C(=O)OC(C)(C)C)c1cc[nH]c(=O)n1. The summed E-state index contributed by atoms with van der Waals surface area (Å²) in [6, 6.07) is 1.28. The Balaban J connectivity index is 3.12. The molecule has 1 N–H and O–H groups in total. The molecule has 19 heavy (non-hydrogen) atoms. The highest BCUT2D eigenvalue weighted by molar-refractivity contribution is 6.08. The lowest BCUT2D eigenvalue weighted by Crippen LogP contribution is -2.42. The Kier molecular flexibility index (Phi) is 4.26. The van der Waals surface area contributed by atoms with Gasteiger partial charge in [-0.1, -0.05) is 0 Å². The molecule has 0 saturated carbocycles. The van der Waals surface area contributed by atoms with Gasteiger partial charge in [-0.3, -0.25) is 0 Å². The zero-order chi connectivity index (χ0) is 14.6. The molecule has 0 aliphatic rings. The van der Waals surface area contributed by atoms with Gasteiger partial charge in [0, 0.05) is 6.20 Å². The molecular weight excluding hydrogens is 254 g/mol. The van der Waals surface area contributed by atoms with Crippen molar-refractivity contribution in [3.05, 3.63) is 22.7 Å². The van der Waals surface area contributed by atoms with Gasteiger partial charge in [-0.25, -0.2) is 14.4 Å². The Bertz CT molecular complexity index is 532. The summed E-state index contributed by atoms with van der Waals surface area (Å²) in [6.45, 7) is 4.93.